The molecule has 1 amide bonds. The van der Waals surface area contributed by atoms with Gasteiger partial charge in [0, 0.05) is 30.9 Å². The Morgan fingerprint density at radius 2 is 2.16 bits per heavy atom. The number of hydrogen-bond acceptors (Lipinski definition) is 3. The van der Waals surface area contributed by atoms with Crippen LogP contribution in [0.25, 0.3) is 4.96 Å². The van der Waals surface area contributed by atoms with Crippen LogP contribution in [0.1, 0.15) is 26.0 Å². The molecule has 1 saturated heterocycles. The Labute approximate surface area is 117 Å². The molecular weight excluding hydrogens is 258 g/mol. The van der Waals surface area contributed by atoms with Crippen LogP contribution in [0.15, 0.2) is 17.8 Å². The van der Waals surface area contributed by atoms with Gasteiger partial charge in [0.1, 0.15) is 0 Å². The number of nitrogens with zero attached hydrogens (tertiary/aromatic N) is 3. The van der Waals surface area contributed by atoms with Crippen molar-refractivity contribution in [2.45, 2.75) is 26.7 Å². The number of carbonyl (C=O) groups is 1. The number of likely N-dealkylation sites (tertiary alicyclic amines) is 1. The van der Waals surface area contributed by atoms with Gasteiger partial charge in [-0.2, -0.15) is 0 Å². The Balaban J connectivity index is 1.69. The largest absolute Gasteiger partial charge is 0.342 e. The monoisotopic (exact) mass is 277 g/mol. The molecule has 2 aromatic rings. The highest BCUT2D eigenvalue weighted by Gasteiger charge is 2.25. The normalized spacial score (nSPS) is 24.0. The summed E-state index contributed by atoms with van der Waals surface area (Å²) in [7, 11) is 0. The van der Waals surface area contributed by atoms with Crippen molar-refractivity contribution >= 4 is 22.2 Å². The van der Waals surface area contributed by atoms with Gasteiger partial charge in [0.15, 0.2) is 4.96 Å². The third-order valence-electron chi connectivity index (χ3n) is 3.70. The molecule has 2 unspecified atom stereocenters. The lowest BCUT2D eigenvalue weighted by Gasteiger charge is -2.35. The lowest BCUT2D eigenvalue weighted by Crippen LogP contribution is -2.43. The average molecular weight is 277 g/mol. The highest BCUT2D eigenvalue weighted by molar-refractivity contribution is 7.15. The highest BCUT2D eigenvalue weighted by atomic mass is 32.1. The van der Waals surface area contributed by atoms with E-state index in [1.807, 2.05) is 27.1 Å². The molecule has 0 spiro atoms. The predicted octanol–water partition coefficient (Wildman–Crippen LogP) is 2.44. The van der Waals surface area contributed by atoms with Crippen molar-refractivity contribution in [1.82, 2.24) is 14.3 Å². The summed E-state index contributed by atoms with van der Waals surface area (Å²) in [4.78, 5) is 19.8. The van der Waals surface area contributed by atoms with Crippen molar-refractivity contribution in [3.63, 3.8) is 0 Å². The second kappa shape index (κ2) is 4.96. The number of fused-ring (bicyclic) bond motifs is 1. The summed E-state index contributed by atoms with van der Waals surface area (Å²) >= 11 is 1.60. The molecule has 0 N–H and O–H groups in total. The van der Waals surface area contributed by atoms with Crippen molar-refractivity contribution in [3.8, 4) is 0 Å². The first kappa shape index (κ1) is 12.7. The molecule has 2 aromatic heterocycles. The second-order valence-corrected chi connectivity index (χ2v) is 6.62. The molecule has 0 aliphatic carbocycles. The Hall–Kier alpha value is -1.36. The van der Waals surface area contributed by atoms with Crippen LogP contribution in [0.4, 0.5) is 0 Å². The van der Waals surface area contributed by atoms with Gasteiger partial charge in [-0.1, -0.05) is 13.8 Å². The van der Waals surface area contributed by atoms with Gasteiger partial charge in [0.25, 0.3) is 0 Å². The fourth-order valence-electron chi connectivity index (χ4n) is 2.99. The number of hydrogen-bond donors (Lipinski definition) is 0. The lowest BCUT2D eigenvalue weighted by atomic mass is 9.91. The number of imidazole rings is 1. The van der Waals surface area contributed by atoms with Crippen molar-refractivity contribution in [2.75, 3.05) is 13.1 Å². The van der Waals surface area contributed by atoms with Crippen LogP contribution in [-0.4, -0.2) is 33.3 Å². The van der Waals surface area contributed by atoms with Gasteiger partial charge in [-0.15, -0.1) is 11.3 Å². The first-order valence-electron chi connectivity index (χ1n) is 6.80. The van der Waals surface area contributed by atoms with Crippen molar-refractivity contribution < 1.29 is 4.79 Å². The van der Waals surface area contributed by atoms with Crippen molar-refractivity contribution in [3.05, 3.63) is 23.5 Å². The number of carbonyl (C=O) groups excluding carboxylic acids is 1. The minimum absolute atomic E-state index is 0.212. The Bertz CT molecular complexity index is 550. The van der Waals surface area contributed by atoms with Gasteiger partial charge in [0.05, 0.1) is 12.1 Å². The highest BCUT2D eigenvalue weighted by Crippen LogP contribution is 2.21. The molecule has 0 radical (unpaired) electrons. The molecule has 3 rings (SSSR count). The quantitative estimate of drug-likeness (QED) is 0.845. The van der Waals surface area contributed by atoms with E-state index in [1.54, 1.807) is 11.3 Å². The van der Waals surface area contributed by atoms with Gasteiger partial charge in [-0.3, -0.25) is 9.20 Å². The van der Waals surface area contributed by atoms with Crippen molar-refractivity contribution in [1.29, 1.82) is 0 Å². The SMILES string of the molecule is CC1CC(C)CN(C(=O)Cc2cn3ccsc3n2)C1. The van der Waals surface area contributed by atoms with E-state index in [0.29, 0.717) is 18.3 Å². The summed E-state index contributed by atoms with van der Waals surface area (Å²) < 4.78 is 1.98. The zero-order valence-corrected chi connectivity index (χ0v) is 12.2. The summed E-state index contributed by atoms with van der Waals surface area (Å²) in [6.45, 7) is 6.24. The van der Waals surface area contributed by atoms with Crippen LogP contribution in [0, 0.1) is 11.8 Å². The van der Waals surface area contributed by atoms with Crippen LogP contribution >= 0.6 is 11.3 Å². The molecule has 102 valence electrons. The third-order valence-corrected chi connectivity index (χ3v) is 4.47. The summed E-state index contributed by atoms with van der Waals surface area (Å²) in [5, 5.41) is 2.00. The number of piperidine rings is 1. The molecule has 0 bridgehead atoms. The smallest absolute Gasteiger partial charge is 0.228 e. The summed E-state index contributed by atoms with van der Waals surface area (Å²) in [5.74, 6) is 1.43. The lowest BCUT2D eigenvalue weighted by molar-refractivity contribution is -0.133. The summed E-state index contributed by atoms with van der Waals surface area (Å²) in [6, 6.07) is 0. The molecule has 3 heterocycles. The molecular formula is C14H19N3OS. The van der Waals surface area contributed by atoms with Gasteiger partial charge < -0.3 is 4.90 Å². The summed E-state index contributed by atoms with van der Waals surface area (Å²) in [5.41, 5.74) is 0.878. The number of amides is 1. The van der Waals surface area contributed by atoms with E-state index in [9.17, 15) is 4.79 Å². The van der Waals surface area contributed by atoms with Gasteiger partial charge in [0.2, 0.25) is 5.91 Å². The maximum absolute atomic E-state index is 12.3. The van der Waals surface area contributed by atoms with Crippen LogP contribution in [-0.2, 0) is 11.2 Å². The second-order valence-electron chi connectivity index (χ2n) is 5.75. The molecule has 0 aromatic carbocycles. The van der Waals surface area contributed by atoms with E-state index in [0.717, 1.165) is 23.7 Å². The summed E-state index contributed by atoms with van der Waals surface area (Å²) in [6.07, 6.45) is 5.59. The maximum Gasteiger partial charge on any atom is 0.228 e. The minimum Gasteiger partial charge on any atom is -0.342 e. The first-order chi connectivity index (χ1) is 9.11. The van der Waals surface area contributed by atoms with Gasteiger partial charge in [-0.05, 0) is 18.3 Å². The third kappa shape index (κ3) is 2.66. The molecule has 1 aliphatic heterocycles. The van der Waals surface area contributed by atoms with Crippen LogP contribution in [0.5, 0.6) is 0 Å². The molecule has 1 fully saturated rings. The zero-order chi connectivity index (χ0) is 13.4. The number of aromatic nitrogens is 2. The molecule has 2 atom stereocenters. The van der Waals surface area contributed by atoms with Gasteiger partial charge in [-0.25, -0.2) is 4.98 Å². The standard InChI is InChI=1S/C14H19N3OS/c1-10-5-11(2)8-17(7-10)13(18)6-12-9-16-3-4-19-14(16)15-12/h3-4,9-11H,5-8H2,1-2H3. The zero-order valence-electron chi connectivity index (χ0n) is 11.4. The first-order valence-corrected chi connectivity index (χ1v) is 7.68. The average Bonchev–Trinajstić information content (AvgIpc) is 2.88. The number of rotatable bonds is 2. The maximum atomic E-state index is 12.3. The Morgan fingerprint density at radius 1 is 1.42 bits per heavy atom. The fourth-order valence-corrected chi connectivity index (χ4v) is 3.71. The van der Waals surface area contributed by atoms with E-state index in [4.69, 9.17) is 0 Å². The minimum atomic E-state index is 0.212. The Kier molecular flexibility index (Phi) is 3.31. The van der Waals surface area contributed by atoms with Crippen LogP contribution < -0.4 is 0 Å². The predicted molar refractivity (Wildman–Crippen MR) is 76.3 cm³/mol. The Morgan fingerprint density at radius 3 is 2.84 bits per heavy atom. The van der Waals surface area contributed by atoms with Crippen LogP contribution in [0.2, 0.25) is 0 Å². The van der Waals surface area contributed by atoms with Crippen LogP contribution in [0.3, 0.4) is 0 Å². The van der Waals surface area contributed by atoms with E-state index in [2.05, 4.69) is 18.8 Å². The molecule has 0 saturated carbocycles. The molecule has 5 heteroatoms. The fraction of sp³-hybridized carbons (Fsp3) is 0.571. The molecule has 19 heavy (non-hydrogen) atoms. The topological polar surface area (TPSA) is 37.6 Å². The number of thiazole rings is 1. The van der Waals surface area contributed by atoms with E-state index >= 15 is 0 Å². The molecule has 1 aliphatic rings. The van der Waals surface area contributed by atoms with E-state index < -0.39 is 0 Å². The van der Waals surface area contributed by atoms with E-state index in [-0.39, 0.29) is 5.91 Å². The van der Waals surface area contributed by atoms with Gasteiger partial charge >= 0.3 is 0 Å². The van der Waals surface area contributed by atoms with Crippen molar-refractivity contribution in [2.24, 2.45) is 11.8 Å². The molecule has 4 nitrogen and oxygen atoms in total. The van der Waals surface area contributed by atoms with E-state index in [1.165, 1.54) is 6.42 Å².